The molecule has 5 rings (SSSR count). The monoisotopic (exact) mass is 369 g/mol. The average Bonchev–Trinajstić information content (AvgIpc) is 3.07. The fourth-order valence-electron chi connectivity index (χ4n) is 4.80. The zero-order chi connectivity index (χ0) is 18.4. The highest BCUT2D eigenvalue weighted by Gasteiger charge is 2.45. The van der Waals surface area contributed by atoms with Gasteiger partial charge >= 0.3 is 0 Å². The van der Waals surface area contributed by atoms with Crippen molar-refractivity contribution in [2.45, 2.75) is 62.7 Å². The van der Waals surface area contributed by atoms with E-state index < -0.39 is 0 Å². The van der Waals surface area contributed by atoms with Crippen LogP contribution < -0.4 is 0 Å². The number of aryl methyl sites for hydroxylation is 1. The number of likely N-dealkylation sites (tertiary alicyclic amines) is 1. The van der Waals surface area contributed by atoms with Crippen molar-refractivity contribution in [1.82, 2.24) is 24.8 Å². The summed E-state index contributed by atoms with van der Waals surface area (Å²) >= 11 is 0. The number of hydrogen-bond acceptors (Lipinski definition) is 5. The van der Waals surface area contributed by atoms with Gasteiger partial charge in [0, 0.05) is 50.5 Å². The lowest BCUT2D eigenvalue weighted by atomic mass is 9.95. The molecule has 3 aliphatic rings. The SMILES string of the molecule is Cn1ccc([C@@H]2C[C@H]2c2nc(C3CCC(=O)N(CC4CCCC4)C3)no2)n1. The van der Waals surface area contributed by atoms with E-state index in [1.165, 1.54) is 25.7 Å². The molecule has 0 N–H and O–H groups in total. The van der Waals surface area contributed by atoms with Crippen LogP contribution in [0.15, 0.2) is 16.8 Å². The minimum Gasteiger partial charge on any atom is -0.342 e. The number of nitrogens with zero attached hydrogens (tertiary/aromatic N) is 5. The summed E-state index contributed by atoms with van der Waals surface area (Å²) in [4.78, 5) is 19.1. The van der Waals surface area contributed by atoms with Crippen molar-refractivity contribution < 1.29 is 9.32 Å². The third-order valence-corrected chi connectivity index (χ3v) is 6.50. The third kappa shape index (κ3) is 3.39. The second-order valence-electron chi connectivity index (χ2n) is 8.54. The Morgan fingerprint density at radius 3 is 2.85 bits per heavy atom. The van der Waals surface area contributed by atoms with E-state index in [1.807, 2.05) is 22.8 Å². The summed E-state index contributed by atoms with van der Waals surface area (Å²) in [6.45, 7) is 1.65. The maximum absolute atomic E-state index is 12.3. The summed E-state index contributed by atoms with van der Waals surface area (Å²) in [5, 5.41) is 8.77. The van der Waals surface area contributed by atoms with Crippen LogP contribution in [0.25, 0.3) is 0 Å². The minimum absolute atomic E-state index is 0.202. The molecule has 1 amide bonds. The summed E-state index contributed by atoms with van der Waals surface area (Å²) < 4.78 is 7.43. The van der Waals surface area contributed by atoms with E-state index >= 15 is 0 Å². The van der Waals surface area contributed by atoms with E-state index in [0.29, 0.717) is 30.1 Å². The Bertz CT molecular complexity index is 822. The number of amides is 1. The number of piperidine rings is 1. The van der Waals surface area contributed by atoms with Crippen molar-refractivity contribution in [2.24, 2.45) is 13.0 Å². The predicted octanol–water partition coefficient (Wildman–Crippen LogP) is 2.97. The molecular formula is C20H27N5O2. The first-order valence-electron chi connectivity index (χ1n) is 10.3. The largest absolute Gasteiger partial charge is 0.342 e. The molecule has 2 aliphatic carbocycles. The van der Waals surface area contributed by atoms with Gasteiger partial charge in [-0.05, 0) is 37.7 Å². The highest BCUT2D eigenvalue weighted by atomic mass is 16.5. The molecule has 1 unspecified atom stereocenters. The van der Waals surface area contributed by atoms with Gasteiger partial charge in [-0.25, -0.2) is 0 Å². The lowest BCUT2D eigenvalue weighted by molar-refractivity contribution is -0.134. The van der Waals surface area contributed by atoms with E-state index in [9.17, 15) is 4.79 Å². The number of carbonyl (C=O) groups is 1. The van der Waals surface area contributed by atoms with E-state index in [1.54, 1.807) is 0 Å². The van der Waals surface area contributed by atoms with Gasteiger partial charge in [-0.2, -0.15) is 10.1 Å². The zero-order valence-corrected chi connectivity index (χ0v) is 15.9. The van der Waals surface area contributed by atoms with Gasteiger partial charge in [0.05, 0.1) is 5.69 Å². The van der Waals surface area contributed by atoms with Gasteiger partial charge in [0.2, 0.25) is 11.8 Å². The molecular weight excluding hydrogens is 342 g/mol. The van der Waals surface area contributed by atoms with Crippen LogP contribution in [-0.2, 0) is 11.8 Å². The van der Waals surface area contributed by atoms with Crippen LogP contribution in [0.2, 0.25) is 0 Å². The summed E-state index contributed by atoms with van der Waals surface area (Å²) in [5.41, 5.74) is 1.10. The predicted molar refractivity (Wildman–Crippen MR) is 98.1 cm³/mol. The lowest BCUT2D eigenvalue weighted by Crippen LogP contribution is -2.41. The van der Waals surface area contributed by atoms with Gasteiger partial charge in [-0.1, -0.05) is 18.0 Å². The van der Waals surface area contributed by atoms with Gasteiger partial charge in [-0.3, -0.25) is 9.48 Å². The zero-order valence-electron chi connectivity index (χ0n) is 15.9. The summed E-state index contributed by atoms with van der Waals surface area (Å²) in [7, 11) is 1.94. The molecule has 0 bridgehead atoms. The first-order valence-corrected chi connectivity index (χ1v) is 10.3. The smallest absolute Gasteiger partial charge is 0.230 e. The number of rotatable bonds is 5. The van der Waals surface area contributed by atoms with Crippen molar-refractivity contribution in [3.8, 4) is 0 Å². The molecule has 144 valence electrons. The third-order valence-electron chi connectivity index (χ3n) is 6.50. The van der Waals surface area contributed by atoms with E-state index in [4.69, 9.17) is 9.51 Å². The van der Waals surface area contributed by atoms with Gasteiger partial charge < -0.3 is 9.42 Å². The minimum atomic E-state index is 0.202. The molecule has 3 atom stereocenters. The molecule has 1 aliphatic heterocycles. The number of aromatic nitrogens is 4. The van der Waals surface area contributed by atoms with Gasteiger partial charge in [0.1, 0.15) is 0 Å². The topological polar surface area (TPSA) is 77.0 Å². The summed E-state index contributed by atoms with van der Waals surface area (Å²) in [5.74, 6) is 3.37. The molecule has 0 aromatic carbocycles. The van der Waals surface area contributed by atoms with Crippen molar-refractivity contribution in [2.75, 3.05) is 13.1 Å². The van der Waals surface area contributed by atoms with Crippen LogP contribution in [0.5, 0.6) is 0 Å². The fraction of sp³-hybridized carbons (Fsp3) is 0.700. The highest BCUT2D eigenvalue weighted by molar-refractivity contribution is 5.77. The second-order valence-corrected chi connectivity index (χ2v) is 8.54. The van der Waals surface area contributed by atoms with Crippen molar-refractivity contribution >= 4 is 5.91 Å². The number of hydrogen-bond donors (Lipinski definition) is 0. The van der Waals surface area contributed by atoms with Gasteiger partial charge in [0.15, 0.2) is 5.82 Å². The van der Waals surface area contributed by atoms with Crippen LogP contribution in [0.4, 0.5) is 0 Å². The van der Waals surface area contributed by atoms with Crippen molar-refractivity contribution in [3.63, 3.8) is 0 Å². The van der Waals surface area contributed by atoms with E-state index in [0.717, 1.165) is 43.3 Å². The molecule has 7 nitrogen and oxygen atoms in total. The first-order chi connectivity index (χ1) is 13.2. The van der Waals surface area contributed by atoms with Crippen LogP contribution in [0.3, 0.4) is 0 Å². The summed E-state index contributed by atoms with van der Waals surface area (Å²) in [6.07, 6.45) is 9.56. The van der Waals surface area contributed by atoms with Crippen molar-refractivity contribution in [1.29, 1.82) is 0 Å². The first kappa shape index (κ1) is 17.0. The van der Waals surface area contributed by atoms with Crippen LogP contribution in [0, 0.1) is 5.92 Å². The average molecular weight is 369 g/mol. The molecule has 3 fully saturated rings. The Morgan fingerprint density at radius 2 is 2.07 bits per heavy atom. The van der Waals surface area contributed by atoms with Gasteiger partial charge in [-0.15, -0.1) is 0 Å². The van der Waals surface area contributed by atoms with Crippen molar-refractivity contribution in [3.05, 3.63) is 29.7 Å². The quantitative estimate of drug-likeness (QED) is 0.810. The van der Waals surface area contributed by atoms with Crippen LogP contribution in [0.1, 0.15) is 80.1 Å². The standard InChI is InChI=1S/C20H27N5O2/c1-24-9-8-17(22-24)15-10-16(15)20-21-19(23-27-20)14-6-7-18(26)25(12-14)11-13-4-2-3-5-13/h8-9,13-16H,2-7,10-12H2,1H3/t14?,15-,16-/m1/s1. The Balaban J connectivity index is 1.23. The second kappa shape index (κ2) is 6.77. The normalized spacial score (nSPS) is 28.9. The maximum Gasteiger partial charge on any atom is 0.230 e. The number of carbonyl (C=O) groups excluding carboxylic acids is 1. The molecule has 3 heterocycles. The molecule has 7 heteroatoms. The fourth-order valence-corrected chi connectivity index (χ4v) is 4.80. The summed E-state index contributed by atoms with van der Waals surface area (Å²) in [6, 6.07) is 2.07. The maximum atomic E-state index is 12.3. The molecule has 27 heavy (non-hydrogen) atoms. The Morgan fingerprint density at radius 1 is 1.22 bits per heavy atom. The molecule has 2 aromatic heterocycles. The van der Waals surface area contributed by atoms with Crippen LogP contribution >= 0.6 is 0 Å². The Kier molecular flexibility index (Phi) is 4.25. The Hall–Kier alpha value is -2.18. The lowest BCUT2D eigenvalue weighted by Gasteiger charge is -2.33. The molecule has 2 saturated carbocycles. The van der Waals surface area contributed by atoms with E-state index in [-0.39, 0.29) is 5.92 Å². The molecule has 0 radical (unpaired) electrons. The van der Waals surface area contributed by atoms with Crippen LogP contribution in [-0.4, -0.2) is 43.8 Å². The highest BCUT2D eigenvalue weighted by Crippen LogP contribution is 2.53. The van der Waals surface area contributed by atoms with Gasteiger partial charge in [0.25, 0.3) is 0 Å². The molecule has 0 spiro atoms. The Labute approximate surface area is 159 Å². The molecule has 2 aromatic rings. The van der Waals surface area contributed by atoms with E-state index in [2.05, 4.69) is 16.3 Å². The molecule has 1 saturated heterocycles.